The van der Waals surface area contributed by atoms with Crippen LogP contribution in [0.5, 0.6) is 0 Å². The molecule has 0 aromatic carbocycles. The highest BCUT2D eigenvalue weighted by Crippen LogP contribution is 2.27. The average molecular weight is 1750 g/mol. The van der Waals surface area contributed by atoms with Crippen LogP contribution in [0.4, 0.5) is 0 Å². The third-order valence-corrected chi connectivity index (χ3v) is 20.7. The second-order valence-electron chi connectivity index (χ2n) is 34.6. The zero-order chi connectivity index (χ0) is 93.4. The Kier molecular flexibility index (Phi) is 48.8. The molecule has 0 spiro atoms. The van der Waals surface area contributed by atoms with Gasteiger partial charge < -0.3 is 112 Å². The van der Waals surface area contributed by atoms with Gasteiger partial charge in [0.05, 0.1) is 24.6 Å². The number of rotatable bonds is 48. The zero-order valence-corrected chi connectivity index (χ0v) is 74.4. The highest BCUT2D eigenvalue weighted by atomic mass is 16.6. The largest absolute Gasteiger partial charge is 0.481 e. The Morgan fingerprint density at radius 2 is 0.870 bits per heavy atom. The molecule has 18 atom stereocenters. The van der Waals surface area contributed by atoms with Crippen molar-refractivity contribution in [3.63, 3.8) is 0 Å². The van der Waals surface area contributed by atoms with Gasteiger partial charge in [0.1, 0.15) is 91.4 Å². The van der Waals surface area contributed by atoms with Gasteiger partial charge in [-0.1, -0.05) is 142 Å². The number of aliphatic carboxylic acids is 1. The summed E-state index contributed by atoms with van der Waals surface area (Å²) in [5.41, 5.74) is 22.2. The van der Waals surface area contributed by atoms with E-state index in [4.69, 9.17) is 32.4 Å². The summed E-state index contributed by atoms with van der Waals surface area (Å²) in [4.78, 5) is 263. The number of cyclic esters (lactones) is 1. The fourth-order valence-corrected chi connectivity index (χ4v) is 13.5. The van der Waals surface area contributed by atoms with Crippen LogP contribution in [0.25, 0.3) is 0 Å². The molecule has 0 aliphatic carbocycles. The summed E-state index contributed by atoms with van der Waals surface area (Å²) in [6.07, 6.45) is -3.80. The molecule has 24 N–H and O–H groups in total. The molecule has 123 heavy (non-hydrogen) atoms. The van der Waals surface area contributed by atoms with E-state index in [0.717, 1.165) is 25.7 Å². The molecular weight excluding hydrogens is 1610 g/mol. The van der Waals surface area contributed by atoms with Gasteiger partial charge in [0.15, 0.2) is 0 Å². The Hall–Kier alpha value is -10.2. The molecule has 2 rings (SSSR count). The molecule has 0 radical (unpaired) electrons. The summed E-state index contributed by atoms with van der Waals surface area (Å²) in [6, 6.07) is -21.1. The number of esters is 1. The van der Waals surface area contributed by atoms with Crippen LogP contribution in [0, 0.1) is 41.4 Å². The minimum atomic E-state index is -1.73. The van der Waals surface area contributed by atoms with Crippen LogP contribution < -0.4 is 97.4 Å². The van der Waals surface area contributed by atoms with E-state index < -0.39 is 298 Å². The molecule has 2 saturated heterocycles. The SMILES string of the molecule is CCCCCCC[C@@H](O)CC(=O)N[C@@H](CC(C)C)C(=O)N[C@H](CCC(=O)O)C(=O)N[C@H](CCC(N)=O)C(=O)N[C@@H](C(=O)N[C@H](C)C(=O)N[C@@H](CCC(N)=O)C(=O)N[C@@H]1COC(=O)[C@H]([C@@H](C)CC)NC(=O)[C@@H](CCC(N)=O)NC(=O)[C@H](CC(C)C)NC(=O)[C@H](CC(C)C)NC(=O)[C@@H](CCC(N)=O)NC(=O)C(CC(C)C)NC(=O)[C@@H](C(C)C)NC2OC21)C(C)C. The standard InChI is InChI=1S/C82H142N18O23/c1-17-19-20-21-22-23-48(101)38-63(106)88-54(34-40(3)4)75(115)93-53(28-33-64(107)108)70(110)90-51(26-31-61(85)104)73(113)98-65(44(11)12)79(119)87-47(16)69(109)89-49(24-29-59(83)102)72(112)97-58-39-122-82(121)67(46(15)18-2)99-74(114)52(27-32-62(86)105)92-76(116)55(35-41(5)6)95-78(118)56(36-42(7)8)94-71(111)50(25-30-60(84)103)91-77(117)57(37-43(9)10)96-80(120)66(45(13)14)100-81-68(58)123-81/h40-58,65-68,81,100-101H,17-39H2,1-16H3,(H2,83,102)(H2,84,103)(H2,85,104)(H2,86,105)(H,87,119)(H,88,106)(H,89,109)(H,90,110)(H,91,117)(H,92,116)(H,93,115)(H,94,111)(H,95,118)(H,96,120)(H,97,112)(H,98,113)(H,99,114)(H,107,108)/t46-,47+,48+,49-,50+,51+,52+,53+,54-,55-,56-,57?,58+,65+,66+,67-,68?,81?/m0/s1. The smallest absolute Gasteiger partial charge is 0.328 e. The second kappa shape index (κ2) is 55.1. The Balaban J connectivity index is 2.77. The number of fused-ring (bicyclic) bond motifs is 1. The number of carbonyl (C=O) groups is 19. The first-order valence-electron chi connectivity index (χ1n) is 43.0. The maximum absolute atomic E-state index is 14.9. The lowest BCUT2D eigenvalue weighted by Gasteiger charge is -2.30. The average Bonchev–Trinajstić information content (AvgIpc) is 1.64. The number of unbranched alkanes of at least 4 members (excludes halogenated alkanes) is 4. The summed E-state index contributed by atoms with van der Waals surface area (Å²) < 4.78 is 12.0. The Morgan fingerprint density at radius 3 is 1.31 bits per heavy atom. The normalized spacial score (nSPS) is 22.3. The zero-order valence-electron chi connectivity index (χ0n) is 74.4. The van der Waals surface area contributed by atoms with Crippen molar-refractivity contribution in [2.45, 2.75) is 355 Å². The van der Waals surface area contributed by atoms with Gasteiger partial charge in [-0.25, -0.2) is 4.79 Å². The fraction of sp³-hybridized carbons (Fsp3) is 0.768. The van der Waals surface area contributed by atoms with Gasteiger partial charge in [-0.15, -0.1) is 0 Å². The number of carboxylic acids is 1. The molecule has 17 amide bonds. The van der Waals surface area contributed by atoms with E-state index in [1.165, 1.54) is 20.8 Å². The lowest BCUT2D eigenvalue weighted by atomic mass is 9.97. The van der Waals surface area contributed by atoms with Gasteiger partial charge >= 0.3 is 11.9 Å². The highest BCUT2D eigenvalue weighted by Gasteiger charge is 2.50. The molecule has 2 aliphatic heterocycles. The van der Waals surface area contributed by atoms with Gasteiger partial charge in [-0.2, -0.15) is 0 Å². The Labute approximate surface area is 720 Å². The minimum absolute atomic E-state index is 0.0149. The Morgan fingerprint density at radius 1 is 0.447 bits per heavy atom. The first-order chi connectivity index (χ1) is 57.5. The molecule has 2 aliphatic rings. The van der Waals surface area contributed by atoms with Gasteiger partial charge in [-0.3, -0.25) is 91.6 Å². The van der Waals surface area contributed by atoms with Gasteiger partial charge in [0, 0.05) is 32.1 Å². The number of hydrogen-bond acceptors (Lipinski definition) is 23. The first-order valence-corrected chi connectivity index (χ1v) is 43.0. The summed E-state index contributed by atoms with van der Waals surface area (Å²) in [7, 11) is 0. The topological polar surface area (TPSA) is 659 Å². The minimum Gasteiger partial charge on any atom is -0.481 e. The van der Waals surface area contributed by atoms with Crippen LogP contribution in [-0.4, -0.2) is 232 Å². The van der Waals surface area contributed by atoms with E-state index in [0.29, 0.717) is 12.8 Å². The van der Waals surface area contributed by atoms with Crippen LogP contribution in [0.15, 0.2) is 0 Å². The van der Waals surface area contributed by atoms with Crippen LogP contribution >= 0.6 is 0 Å². The number of nitrogens with two attached hydrogens (primary N) is 4. The lowest BCUT2D eigenvalue weighted by Crippen LogP contribution is -2.61. The number of amides is 17. The van der Waals surface area contributed by atoms with Crippen LogP contribution in [0.1, 0.15) is 252 Å². The number of carboxylic acid groups (broad SMARTS) is 1. The van der Waals surface area contributed by atoms with E-state index >= 15 is 0 Å². The van der Waals surface area contributed by atoms with E-state index in [-0.39, 0.29) is 68.6 Å². The van der Waals surface area contributed by atoms with Gasteiger partial charge in [0.2, 0.25) is 100 Å². The molecule has 2 heterocycles. The molecule has 0 aromatic heterocycles. The van der Waals surface area contributed by atoms with Crippen molar-refractivity contribution in [3.05, 3.63) is 0 Å². The predicted molar refractivity (Wildman–Crippen MR) is 449 cm³/mol. The number of nitrogens with one attached hydrogen (secondary N) is 14. The van der Waals surface area contributed by atoms with Crippen molar-refractivity contribution < 1.29 is 111 Å². The maximum Gasteiger partial charge on any atom is 0.328 e. The fourth-order valence-electron chi connectivity index (χ4n) is 13.5. The van der Waals surface area contributed by atoms with Crippen molar-refractivity contribution in [1.29, 1.82) is 0 Å². The predicted octanol–water partition coefficient (Wildman–Crippen LogP) is -1.87. The molecule has 41 nitrogen and oxygen atoms in total. The molecule has 698 valence electrons. The molecule has 3 unspecified atom stereocenters. The molecule has 41 heteroatoms. The van der Waals surface area contributed by atoms with Crippen molar-refractivity contribution in [2.24, 2.45) is 64.4 Å². The number of epoxide rings is 1. The van der Waals surface area contributed by atoms with Crippen molar-refractivity contribution in [3.8, 4) is 0 Å². The molecule has 2 fully saturated rings. The molecule has 0 saturated carbocycles. The van der Waals surface area contributed by atoms with Gasteiger partial charge in [0.25, 0.3) is 0 Å². The third-order valence-electron chi connectivity index (χ3n) is 20.7. The van der Waals surface area contributed by atoms with Crippen molar-refractivity contribution >= 4 is 112 Å². The number of aliphatic hydroxyl groups is 1. The number of carbonyl (C=O) groups excluding carboxylic acids is 18. The molecular formula is C82H142N18O23. The van der Waals surface area contributed by atoms with E-state index in [1.807, 2.05) is 0 Å². The molecule has 0 aromatic rings. The van der Waals surface area contributed by atoms with Crippen LogP contribution in [-0.2, 0) is 101 Å². The summed E-state index contributed by atoms with van der Waals surface area (Å²) in [5.74, 6) is -21.7. The van der Waals surface area contributed by atoms with Crippen LogP contribution in [0.2, 0.25) is 0 Å². The third kappa shape index (κ3) is 42.2. The number of ether oxygens (including phenoxy) is 2. The lowest BCUT2D eigenvalue weighted by molar-refractivity contribution is -0.151. The molecule has 0 bridgehead atoms. The summed E-state index contributed by atoms with van der Waals surface area (Å²) in [5, 5.41) is 57.0. The monoisotopic (exact) mass is 1750 g/mol. The van der Waals surface area contributed by atoms with Crippen molar-refractivity contribution in [2.75, 3.05) is 6.61 Å². The van der Waals surface area contributed by atoms with Crippen molar-refractivity contribution in [1.82, 2.24) is 74.4 Å². The Bertz CT molecular complexity index is 3580. The van der Waals surface area contributed by atoms with E-state index in [1.54, 1.807) is 83.1 Å². The van der Waals surface area contributed by atoms with Gasteiger partial charge in [-0.05, 0) is 113 Å². The number of primary amides is 4. The number of aliphatic hydroxyl groups excluding tert-OH is 1. The highest BCUT2D eigenvalue weighted by molar-refractivity contribution is 6.00. The maximum atomic E-state index is 14.9. The van der Waals surface area contributed by atoms with E-state index in [2.05, 4.69) is 81.4 Å². The van der Waals surface area contributed by atoms with Crippen LogP contribution in [0.3, 0.4) is 0 Å². The second-order valence-corrected chi connectivity index (χ2v) is 34.6. The summed E-state index contributed by atoms with van der Waals surface area (Å²) in [6.45, 7) is 26.0. The summed E-state index contributed by atoms with van der Waals surface area (Å²) >= 11 is 0. The quantitative estimate of drug-likeness (QED) is 0.0180. The first kappa shape index (κ1) is 109. The van der Waals surface area contributed by atoms with E-state index in [9.17, 15) is 101 Å². The number of hydrogen-bond donors (Lipinski definition) is 20.